The van der Waals surface area contributed by atoms with E-state index < -0.39 is 0 Å². The van der Waals surface area contributed by atoms with E-state index in [9.17, 15) is 0 Å². The van der Waals surface area contributed by atoms with Crippen LogP contribution in [0.15, 0.2) is 48.5 Å². The molecule has 0 bridgehead atoms. The summed E-state index contributed by atoms with van der Waals surface area (Å²) >= 11 is 0. The molecule has 4 nitrogen and oxygen atoms in total. The Morgan fingerprint density at radius 3 is 2.48 bits per heavy atom. The van der Waals surface area contributed by atoms with Gasteiger partial charge < -0.3 is 10.6 Å². The minimum atomic E-state index is 0.638. The third kappa shape index (κ3) is 2.94. The van der Waals surface area contributed by atoms with Crippen LogP contribution >= 0.6 is 0 Å². The standard InChI is InChI=1S/C17H18N4/c1-12-7-9-13(10-8-12)11-19-17-20-15-6-4-3-5-14(15)16(18-2)21-17/h3-10H,11H2,1-2H3,(H2,18,19,20,21). The van der Waals surface area contributed by atoms with Crippen LogP contribution in [0.4, 0.5) is 11.8 Å². The summed E-state index contributed by atoms with van der Waals surface area (Å²) in [6.07, 6.45) is 0. The molecule has 0 fully saturated rings. The van der Waals surface area contributed by atoms with Crippen LogP contribution in [0.1, 0.15) is 11.1 Å². The largest absolute Gasteiger partial charge is 0.372 e. The number of aryl methyl sites for hydroxylation is 1. The van der Waals surface area contributed by atoms with Crippen molar-refractivity contribution >= 4 is 22.7 Å². The first-order chi connectivity index (χ1) is 10.3. The van der Waals surface area contributed by atoms with Gasteiger partial charge in [-0.2, -0.15) is 4.98 Å². The van der Waals surface area contributed by atoms with E-state index in [1.807, 2.05) is 31.3 Å². The summed E-state index contributed by atoms with van der Waals surface area (Å²) in [5.41, 5.74) is 3.41. The average molecular weight is 278 g/mol. The predicted molar refractivity (Wildman–Crippen MR) is 87.6 cm³/mol. The topological polar surface area (TPSA) is 49.8 Å². The first-order valence-electron chi connectivity index (χ1n) is 7.00. The Morgan fingerprint density at radius 1 is 0.952 bits per heavy atom. The van der Waals surface area contributed by atoms with Crippen LogP contribution in [0.25, 0.3) is 10.9 Å². The third-order valence-electron chi connectivity index (χ3n) is 3.41. The summed E-state index contributed by atoms with van der Waals surface area (Å²) in [4.78, 5) is 9.07. The number of para-hydroxylation sites is 1. The molecule has 0 saturated carbocycles. The summed E-state index contributed by atoms with van der Waals surface area (Å²) < 4.78 is 0. The SMILES string of the molecule is CNc1nc(NCc2ccc(C)cc2)nc2ccccc12. The van der Waals surface area contributed by atoms with E-state index in [4.69, 9.17) is 0 Å². The van der Waals surface area contributed by atoms with E-state index in [1.165, 1.54) is 11.1 Å². The van der Waals surface area contributed by atoms with E-state index >= 15 is 0 Å². The van der Waals surface area contributed by atoms with Gasteiger partial charge in [0.25, 0.3) is 0 Å². The fourth-order valence-electron chi connectivity index (χ4n) is 2.23. The normalized spacial score (nSPS) is 10.6. The molecule has 0 spiro atoms. The second-order valence-electron chi connectivity index (χ2n) is 5.00. The summed E-state index contributed by atoms with van der Waals surface area (Å²) in [6, 6.07) is 16.4. The van der Waals surface area contributed by atoms with Gasteiger partial charge in [-0.25, -0.2) is 4.98 Å². The molecule has 0 atom stereocenters. The first kappa shape index (κ1) is 13.4. The number of hydrogen-bond donors (Lipinski definition) is 2. The van der Waals surface area contributed by atoms with Crippen molar-refractivity contribution in [3.8, 4) is 0 Å². The molecule has 1 aromatic heterocycles. The van der Waals surface area contributed by atoms with Crippen molar-refractivity contribution in [2.75, 3.05) is 17.7 Å². The molecule has 2 aromatic carbocycles. The minimum Gasteiger partial charge on any atom is -0.372 e. The maximum Gasteiger partial charge on any atom is 0.225 e. The van der Waals surface area contributed by atoms with Crippen molar-refractivity contribution in [1.29, 1.82) is 0 Å². The van der Waals surface area contributed by atoms with Crippen LogP contribution in [0.5, 0.6) is 0 Å². The summed E-state index contributed by atoms with van der Waals surface area (Å²) in [6.45, 7) is 2.80. The Hall–Kier alpha value is -2.62. The molecule has 0 amide bonds. The van der Waals surface area contributed by atoms with Crippen molar-refractivity contribution in [2.24, 2.45) is 0 Å². The van der Waals surface area contributed by atoms with E-state index in [0.717, 1.165) is 16.7 Å². The fourth-order valence-corrected chi connectivity index (χ4v) is 2.23. The predicted octanol–water partition coefficient (Wildman–Crippen LogP) is 3.59. The van der Waals surface area contributed by atoms with E-state index in [1.54, 1.807) is 0 Å². The molecule has 1 heterocycles. The molecule has 3 aromatic rings. The number of nitrogens with one attached hydrogen (secondary N) is 2. The number of rotatable bonds is 4. The maximum absolute atomic E-state index is 4.55. The van der Waals surface area contributed by atoms with Crippen LogP contribution in [0, 0.1) is 6.92 Å². The first-order valence-corrected chi connectivity index (χ1v) is 7.00. The highest BCUT2D eigenvalue weighted by Crippen LogP contribution is 2.21. The Balaban J connectivity index is 1.85. The lowest BCUT2D eigenvalue weighted by Crippen LogP contribution is -2.06. The van der Waals surface area contributed by atoms with Gasteiger partial charge in [0.05, 0.1) is 5.52 Å². The van der Waals surface area contributed by atoms with Gasteiger partial charge in [-0.3, -0.25) is 0 Å². The summed E-state index contributed by atoms with van der Waals surface area (Å²) in [5, 5.41) is 7.44. The Morgan fingerprint density at radius 2 is 1.71 bits per heavy atom. The van der Waals surface area contributed by atoms with Crippen LogP contribution in [0.3, 0.4) is 0 Å². The zero-order valence-electron chi connectivity index (χ0n) is 12.2. The second-order valence-corrected chi connectivity index (χ2v) is 5.00. The molecular weight excluding hydrogens is 260 g/mol. The van der Waals surface area contributed by atoms with Crippen LogP contribution in [-0.4, -0.2) is 17.0 Å². The van der Waals surface area contributed by atoms with Gasteiger partial charge in [0.15, 0.2) is 0 Å². The van der Waals surface area contributed by atoms with Crippen molar-refractivity contribution < 1.29 is 0 Å². The van der Waals surface area contributed by atoms with Crippen LogP contribution in [-0.2, 0) is 6.54 Å². The van der Waals surface area contributed by atoms with Crippen LogP contribution in [0.2, 0.25) is 0 Å². The summed E-state index contributed by atoms with van der Waals surface area (Å²) in [5.74, 6) is 1.48. The molecule has 106 valence electrons. The third-order valence-corrected chi connectivity index (χ3v) is 3.41. The van der Waals surface area contributed by atoms with Gasteiger partial charge in [-0.15, -0.1) is 0 Å². The Bertz CT molecular complexity index is 750. The van der Waals surface area contributed by atoms with Gasteiger partial charge in [-0.1, -0.05) is 42.0 Å². The van der Waals surface area contributed by atoms with E-state index in [2.05, 4.69) is 51.8 Å². The lowest BCUT2D eigenvalue weighted by atomic mass is 10.1. The molecule has 0 unspecified atom stereocenters. The van der Waals surface area contributed by atoms with Gasteiger partial charge >= 0.3 is 0 Å². The van der Waals surface area contributed by atoms with Crippen molar-refractivity contribution in [1.82, 2.24) is 9.97 Å². The number of fused-ring (bicyclic) bond motifs is 1. The number of aromatic nitrogens is 2. The minimum absolute atomic E-state index is 0.638. The Labute approximate surface area is 124 Å². The van der Waals surface area contributed by atoms with Gasteiger partial charge in [-0.05, 0) is 24.6 Å². The molecule has 21 heavy (non-hydrogen) atoms. The van der Waals surface area contributed by atoms with Crippen molar-refractivity contribution in [3.05, 3.63) is 59.7 Å². The zero-order chi connectivity index (χ0) is 14.7. The molecular formula is C17H18N4. The summed E-state index contributed by atoms with van der Waals surface area (Å²) in [7, 11) is 1.87. The number of nitrogens with zero attached hydrogens (tertiary/aromatic N) is 2. The smallest absolute Gasteiger partial charge is 0.225 e. The molecule has 0 aliphatic heterocycles. The van der Waals surface area contributed by atoms with Gasteiger partial charge in [0.2, 0.25) is 5.95 Å². The highest BCUT2D eigenvalue weighted by Gasteiger charge is 2.05. The van der Waals surface area contributed by atoms with Gasteiger partial charge in [0, 0.05) is 19.0 Å². The molecule has 0 aliphatic rings. The zero-order valence-corrected chi connectivity index (χ0v) is 12.2. The monoisotopic (exact) mass is 278 g/mol. The number of hydrogen-bond acceptors (Lipinski definition) is 4. The molecule has 2 N–H and O–H groups in total. The maximum atomic E-state index is 4.55. The second kappa shape index (κ2) is 5.79. The fraction of sp³-hybridized carbons (Fsp3) is 0.176. The van der Waals surface area contributed by atoms with Crippen molar-refractivity contribution in [2.45, 2.75) is 13.5 Å². The average Bonchev–Trinajstić information content (AvgIpc) is 2.53. The lowest BCUT2D eigenvalue weighted by molar-refractivity contribution is 1.07. The number of anilines is 2. The van der Waals surface area contributed by atoms with Crippen molar-refractivity contribution in [3.63, 3.8) is 0 Å². The van der Waals surface area contributed by atoms with Gasteiger partial charge in [0.1, 0.15) is 5.82 Å². The van der Waals surface area contributed by atoms with Crippen LogP contribution < -0.4 is 10.6 Å². The Kier molecular flexibility index (Phi) is 3.69. The quantitative estimate of drug-likeness (QED) is 0.765. The number of benzene rings is 2. The lowest BCUT2D eigenvalue weighted by Gasteiger charge is -2.10. The van der Waals surface area contributed by atoms with E-state index in [0.29, 0.717) is 12.5 Å². The highest BCUT2D eigenvalue weighted by atomic mass is 15.1. The molecule has 0 aliphatic carbocycles. The highest BCUT2D eigenvalue weighted by molar-refractivity contribution is 5.89. The molecule has 3 rings (SSSR count). The van der Waals surface area contributed by atoms with E-state index in [-0.39, 0.29) is 0 Å². The molecule has 0 radical (unpaired) electrons. The molecule has 4 heteroatoms. The molecule has 0 saturated heterocycles.